The van der Waals surface area contributed by atoms with Gasteiger partial charge in [0.05, 0.1) is 5.56 Å². The molecule has 0 fully saturated rings. The number of hydrogen-bond donors (Lipinski definition) is 2. The monoisotopic (exact) mass is 339 g/mol. The summed E-state index contributed by atoms with van der Waals surface area (Å²) in [6, 6.07) is 10.2. The molecule has 5 heteroatoms. The Labute approximate surface area is 145 Å². The Morgan fingerprint density at radius 3 is 3.12 bits per heavy atom. The van der Waals surface area contributed by atoms with Crippen molar-refractivity contribution in [3.63, 3.8) is 0 Å². The van der Waals surface area contributed by atoms with E-state index >= 15 is 0 Å². The minimum atomic E-state index is 0.0122. The third kappa shape index (κ3) is 2.85. The summed E-state index contributed by atoms with van der Waals surface area (Å²) in [5.74, 6) is 0.0122. The molecule has 2 aromatic heterocycles. The van der Waals surface area contributed by atoms with E-state index in [0.717, 1.165) is 48.2 Å². The Hall–Kier alpha value is -2.11. The molecule has 124 valence electrons. The van der Waals surface area contributed by atoms with Crippen molar-refractivity contribution in [2.75, 3.05) is 19.6 Å². The average molecular weight is 339 g/mol. The van der Waals surface area contributed by atoms with Crippen molar-refractivity contribution in [3.05, 3.63) is 57.4 Å². The topological polar surface area (TPSA) is 48.1 Å². The molecule has 0 spiro atoms. The highest BCUT2D eigenvalue weighted by Crippen LogP contribution is 2.24. The van der Waals surface area contributed by atoms with Crippen LogP contribution in [-0.2, 0) is 13.0 Å². The molecule has 3 heterocycles. The van der Waals surface area contributed by atoms with Crippen LogP contribution in [-0.4, -0.2) is 35.4 Å². The molecular weight excluding hydrogens is 318 g/mol. The van der Waals surface area contributed by atoms with E-state index in [4.69, 9.17) is 0 Å². The van der Waals surface area contributed by atoms with Gasteiger partial charge in [-0.2, -0.15) is 0 Å². The van der Waals surface area contributed by atoms with E-state index in [9.17, 15) is 4.79 Å². The van der Waals surface area contributed by atoms with Gasteiger partial charge in [0.1, 0.15) is 0 Å². The lowest BCUT2D eigenvalue weighted by Gasteiger charge is -2.26. The first-order chi connectivity index (χ1) is 11.7. The van der Waals surface area contributed by atoms with E-state index in [1.807, 2.05) is 42.5 Å². The smallest absolute Gasteiger partial charge is 0.253 e. The van der Waals surface area contributed by atoms with Gasteiger partial charge in [-0.1, -0.05) is 18.2 Å². The first-order valence-corrected chi connectivity index (χ1v) is 9.23. The van der Waals surface area contributed by atoms with E-state index in [0.29, 0.717) is 6.54 Å². The van der Waals surface area contributed by atoms with Crippen LogP contribution in [0.2, 0.25) is 0 Å². The highest BCUT2D eigenvalue weighted by Gasteiger charge is 2.18. The molecule has 0 bridgehead atoms. The molecule has 3 aromatic rings. The third-order valence-corrected chi connectivity index (χ3v) is 5.74. The molecule has 24 heavy (non-hydrogen) atoms. The van der Waals surface area contributed by atoms with Crippen molar-refractivity contribution >= 4 is 28.1 Å². The summed E-state index contributed by atoms with van der Waals surface area (Å²) < 4.78 is 0. The molecule has 1 amide bonds. The van der Waals surface area contributed by atoms with Crippen LogP contribution in [0.1, 0.15) is 26.5 Å². The second-order valence-corrected chi connectivity index (χ2v) is 7.32. The lowest BCUT2D eigenvalue weighted by Crippen LogP contribution is -2.37. The predicted octanol–water partition coefficient (Wildman–Crippen LogP) is 3.33. The fraction of sp³-hybridized carbons (Fsp3) is 0.316. The van der Waals surface area contributed by atoms with E-state index in [1.54, 1.807) is 0 Å². The lowest BCUT2D eigenvalue weighted by molar-refractivity contribution is 0.0948. The number of para-hydroxylation sites is 1. The normalized spacial score (nSPS) is 14.7. The lowest BCUT2D eigenvalue weighted by atomic mass is 10.1. The van der Waals surface area contributed by atoms with Gasteiger partial charge < -0.3 is 10.3 Å². The summed E-state index contributed by atoms with van der Waals surface area (Å²) in [4.78, 5) is 19.8. The molecule has 1 aliphatic rings. The van der Waals surface area contributed by atoms with E-state index in [1.165, 1.54) is 10.4 Å². The number of aromatic amines is 1. The molecule has 1 aromatic carbocycles. The quantitative estimate of drug-likeness (QED) is 0.766. The van der Waals surface area contributed by atoms with E-state index in [2.05, 4.69) is 26.6 Å². The minimum Gasteiger partial charge on any atom is -0.358 e. The fourth-order valence-corrected chi connectivity index (χ4v) is 4.37. The van der Waals surface area contributed by atoms with Crippen molar-refractivity contribution < 1.29 is 4.79 Å². The van der Waals surface area contributed by atoms with Crippen LogP contribution in [0, 0.1) is 6.92 Å². The fourth-order valence-electron chi connectivity index (χ4n) is 3.48. The summed E-state index contributed by atoms with van der Waals surface area (Å²) >= 11 is 1.86. The number of fused-ring (bicyclic) bond motifs is 2. The predicted molar refractivity (Wildman–Crippen MR) is 98.7 cm³/mol. The number of amides is 1. The Morgan fingerprint density at radius 1 is 1.33 bits per heavy atom. The Bertz CT molecular complexity index is 880. The van der Waals surface area contributed by atoms with Crippen LogP contribution in [0.25, 0.3) is 10.9 Å². The summed E-state index contributed by atoms with van der Waals surface area (Å²) in [6.45, 7) is 5.60. The van der Waals surface area contributed by atoms with Crippen LogP contribution in [0.15, 0.2) is 35.7 Å². The van der Waals surface area contributed by atoms with Crippen molar-refractivity contribution in [2.24, 2.45) is 0 Å². The Morgan fingerprint density at radius 2 is 2.21 bits per heavy atom. The SMILES string of the molecule is Cc1[nH]c2ccccc2c1C(=O)NCCN1CCc2sccc2C1. The second kappa shape index (κ2) is 6.42. The molecule has 1 aliphatic heterocycles. The van der Waals surface area contributed by atoms with Gasteiger partial charge in [0.15, 0.2) is 0 Å². The number of hydrogen-bond acceptors (Lipinski definition) is 3. The number of benzene rings is 1. The zero-order valence-corrected chi connectivity index (χ0v) is 14.6. The number of aromatic nitrogens is 1. The molecule has 0 radical (unpaired) electrons. The van der Waals surface area contributed by atoms with Gasteiger partial charge >= 0.3 is 0 Å². The number of aryl methyl sites for hydroxylation is 1. The summed E-state index contributed by atoms with van der Waals surface area (Å²) in [6.07, 6.45) is 1.13. The molecule has 0 saturated heterocycles. The molecule has 0 saturated carbocycles. The molecule has 4 nitrogen and oxygen atoms in total. The number of nitrogens with zero attached hydrogens (tertiary/aromatic N) is 1. The molecule has 0 atom stereocenters. The largest absolute Gasteiger partial charge is 0.358 e. The summed E-state index contributed by atoms with van der Waals surface area (Å²) in [5.41, 5.74) is 4.16. The maximum absolute atomic E-state index is 12.6. The van der Waals surface area contributed by atoms with Crippen molar-refractivity contribution in [2.45, 2.75) is 19.9 Å². The van der Waals surface area contributed by atoms with Crippen molar-refractivity contribution in [1.29, 1.82) is 0 Å². The second-order valence-electron chi connectivity index (χ2n) is 6.32. The molecule has 2 N–H and O–H groups in total. The summed E-state index contributed by atoms with van der Waals surface area (Å²) in [7, 11) is 0. The van der Waals surface area contributed by atoms with Gasteiger partial charge in [0.25, 0.3) is 5.91 Å². The third-order valence-electron chi connectivity index (χ3n) is 4.72. The zero-order valence-electron chi connectivity index (χ0n) is 13.8. The maximum atomic E-state index is 12.6. The van der Waals surface area contributed by atoms with Crippen LogP contribution in [0.5, 0.6) is 0 Å². The molecule has 0 unspecified atom stereocenters. The average Bonchev–Trinajstić information content (AvgIpc) is 3.17. The number of carbonyl (C=O) groups excluding carboxylic acids is 1. The van der Waals surface area contributed by atoms with Gasteiger partial charge in [-0.25, -0.2) is 0 Å². The molecule has 4 rings (SSSR count). The molecule has 0 aliphatic carbocycles. The number of carbonyl (C=O) groups is 1. The van der Waals surface area contributed by atoms with Crippen molar-refractivity contribution in [1.82, 2.24) is 15.2 Å². The number of H-pyrrole nitrogens is 1. The van der Waals surface area contributed by atoms with E-state index in [-0.39, 0.29) is 5.91 Å². The van der Waals surface area contributed by atoms with Gasteiger partial charge in [-0.3, -0.25) is 9.69 Å². The number of thiophene rings is 1. The first-order valence-electron chi connectivity index (χ1n) is 8.35. The minimum absolute atomic E-state index is 0.0122. The molecular formula is C19H21N3OS. The van der Waals surface area contributed by atoms with Crippen LogP contribution in [0.4, 0.5) is 0 Å². The van der Waals surface area contributed by atoms with Crippen molar-refractivity contribution in [3.8, 4) is 0 Å². The van der Waals surface area contributed by atoms with Gasteiger partial charge in [-0.15, -0.1) is 11.3 Å². The maximum Gasteiger partial charge on any atom is 0.253 e. The number of nitrogens with one attached hydrogen (secondary N) is 2. The van der Waals surface area contributed by atoms with Gasteiger partial charge in [0.2, 0.25) is 0 Å². The van der Waals surface area contributed by atoms with Crippen LogP contribution in [0.3, 0.4) is 0 Å². The van der Waals surface area contributed by atoms with E-state index < -0.39 is 0 Å². The van der Waals surface area contributed by atoms with Crippen LogP contribution >= 0.6 is 11.3 Å². The van der Waals surface area contributed by atoms with Crippen LogP contribution < -0.4 is 5.32 Å². The Balaban J connectivity index is 1.38. The highest BCUT2D eigenvalue weighted by atomic mass is 32.1. The van der Waals surface area contributed by atoms with Gasteiger partial charge in [0, 0.05) is 47.7 Å². The zero-order chi connectivity index (χ0) is 16.5. The standard InChI is InChI=1S/C19H21N3OS/c1-13-18(15-4-2-3-5-16(15)21-13)19(23)20-8-10-22-9-6-17-14(12-22)7-11-24-17/h2-5,7,11,21H,6,8-10,12H2,1H3,(H,20,23). The highest BCUT2D eigenvalue weighted by molar-refractivity contribution is 7.10. The first kappa shape index (κ1) is 15.4. The van der Waals surface area contributed by atoms with Gasteiger partial charge in [-0.05, 0) is 36.4 Å². The summed E-state index contributed by atoms with van der Waals surface area (Å²) in [5, 5.41) is 6.26. The number of rotatable bonds is 4. The Kier molecular flexibility index (Phi) is 4.12.